The van der Waals surface area contributed by atoms with Crippen molar-refractivity contribution in [3.63, 3.8) is 0 Å². The van der Waals surface area contributed by atoms with Gasteiger partial charge < -0.3 is 9.47 Å². The van der Waals surface area contributed by atoms with Gasteiger partial charge in [-0.15, -0.1) is 0 Å². The monoisotopic (exact) mass is 484 g/mol. The Morgan fingerprint density at radius 1 is 0.636 bits per heavy atom. The van der Waals surface area contributed by atoms with Gasteiger partial charge in [0.25, 0.3) is 0 Å². The predicted octanol–water partition coefficient (Wildman–Crippen LogP) is 7.22. The van der Waals surface area contributed by atoms with Gasteiger partial charge in [0.05, 0.1) is 25.0 Å². The second-order valence-corrected chi connectivity index (χ2v) is 10.1. The van der Waals surface area contributed by atoms with Crippen LogP contribution in [0.2, 0.25) is 0 Å². The van der Waals surface area contributed by atoms with Crippen molar-refractivity contribution in [3.8, 4) is 0 Å². The lowest BCUT2D eigenvalue weighted by Crippen LogP contribution is -2.28. The first kappa shape index (κ1) is 34.6. The van der Waals surface area contributed by atoms with Crippen LogP contribution < -0.4 is 0 Å². The first-order chi connectivity index (χ1) is 15.4. The van der Waals surface area contributed by atoms with Crippen molar-refractivity contribution >= 4 is 29.3 Å². The molecular weight excluding hydrogens is 427 g/mol. The zero-order valence-corrected chi connectivity index (χ0v) is 22.1. The normalized spacial score (nSPS) is 12.0. The van der Waals surface area contributed by atoms with E-state index in [1.807, 2.05) is 27.7 Å². The van der Waals surface area contributed by atoms with Crippen LogP contribution in [-0.4, -0.2) is 42.0 Å². The molecule has 5 heteroatoms. The Kier molecular flexibility index (Phi) is 25.8. The zero-order valence-electron chi connectivity index (χ0n) is 22.1. The van der Waals surface area contributed by atoms with Gasteiger partial charge in [-0.3, -0.25) is 9.59 Å². The fraction of sp³-hybridized carbons (Fsp3) is 0.929. The Labute approximate surface area is 216 Å². The number of ether oxygens (including phenoxy) is 2. The summed E-state index contributed by atoms with van der Waals surface area (Å²) in [5, 5.41) is 0. The maximum absolute atomic E-state index is 12.1. The number of esters is 2. The molecule has 0 aromatic heterocycles. The quantitative estimate of drug-likeness (QED) is 0.0924. The number of carbonyl (C=O) groups is 2. The smallest absolute Gasteiger partial charge is 0.310 e. The van der Waals surface area contributed by atoms with Gasteiger partial charge in [-0.2, -0.15) is 0 Å². The minimum atomic E-state index is -0.421. The summed E-state index contributed by atoms with van der Waals surface area (Å²) < 4.78 is 10.6. The summed E-state index contributed by atoms with van der Waals surface area (Å²) in [6.45, 7) is 10.3. The number of unbranched alkanes of at least 4 members (excludes halogenated alkanes) is 15. The number of hydrogen-bond acceptors (Lipinski definition) is 4. The molecule has 0 rings (SSSR count). The van der Waals surface area contributed by atoms with Gasteiger partial charge in [-0.05, 0) is 26.2 Å². The molecule has 0 aromatic carbocycles. The van der Waals surface area contributed by atoms with E-state index in [0.29, 0.717) is 6.61 Å². The molecule has 0 fully saturated rings. The van der Waals surface area contributed by atoms with Crippen LogP contribution in [-0.2, 0) is 19.1 Å². The van der Waals surface area contributed by atoms with Crippen molar-refractivity contribution in [2.75, 3.05) is 6.61 Å². The van der Waals surface area contributed by atoms with E-state index < -0.39 is 5.92 Å². The van der Waals surface area contributed by atoms with Gasteiger partial charge in [0.2, 0.25) is 0 Å². The van der Waals surface area contributed by atoms with E-state index in [2.05, 4.69) is 6.92 Å². The zero-order chi connectivity index (χ0) is 24.0. The summed E-state index contributed by atoms with van der Waals surface area (Å²) in [5.41, 5.74) is 0. The topological polar surface area (TPSA) is 52.6 Å². The molecule has 1 unspecified atom stereocenters. The Hall–Kier alpha value is -0.528. The van der Waals surface area contributed by atoms with Gasteiger partial charge in [0.1, 0.15) is 0 Å². The van der Waals surface area contributed by atoms with E-state index in [1.165, 1.54) is 89.9 Å². The van der Waals surface area contributed by atoms with Crippen molar-refractivity contribution in [1.82, 2.24) is 0 Å². The highest BCUT2D eigenvalue weighted by atomic mass is 27.0. The van der Waals surface area contributed by atoms with Crippen molar-refractivity contribution in [2.45, 2.75) is 150 Å². The first-order valence-corrected chi connectivity index (χ1v) is 13.7. The molecule has 1 atom stereocenters. The van der Waals surface area contributed by atoms with E-state index in [0.717, 1.165) is 12.8 Å². The average molecular weight is 485 g/mol. The summed E-state index contributed by atoms with van der Waals surface area (Å²) in [4.78, 5) is 24.2. The largest absolute Gasteiger partial charge is 0.466 e. The van der Waals surface area contributed by atoms with Crippen LogP contribution in [0, 0.1) is 11.8 Å². The summed E-state index contributed by atoms with van der Waals surface area (Å²) in [6.07, 6.45) is 21.2. The van der Waals surface area contributed by atoms with Crippen LogP contribution in [0.5, 0.6) is 0 Å². The molecule has 33 heavy (non-hydrogen) atoms. The third kappa shape index (κ3) is 23.0. The molecule has 4 nitrogen and oxygen atoms in total. The molecular formula is C28H57AlO4. The number of rotatable bonds is 22. The molecule has 0 aliphatic carbocycles. The summed E-state index contributed by atoms with van der Waals surface area (Å²) in [6, 6.07) is 0. The Balaban J connectivity index is 0. The maximum atomic E-state index is 12.1. The highest BCUT2D eigenvalue weighted by Crippen LogP contribution is 2.19. The third-order valence-corrected chi connectivity index (χ3v) is 6.11. The molecule has 0 aliphatic rings. The molecule has 0 aliphatic heterocycles. The lowest BCUT2D eigenvalue weighted by molar-refractivity contribution is -0.159. The molecule has 0 saturated heterocycles. The number of hydrogen-bond donors (Lipinski definition) is 0. The van der Waals surface area contributed by atoms with E-state index in [1.54, 1.807) is 0 Å². The summed E-state index contributed by atoms with van der Waals surface area (Å²) in [5.74, 6) is -0.945. The molecule has 0 saturated carbocycles. The average Bonchev–Trinajstić information content (AvgIpc) is 2.73. The molecule has 0 amide bonds. The highest BCUT2D eigenvalue weighted by Gasteiger charge is 2.27. The van der Waals surface area contributed by atoms with Crippen LogP contribution in [0.25, 0.3) is 0 Å². The van der Waals surface area contributed by atoms with E-state index in [-0.39, 0.29) is 47.7 Å². The van der Waals surface area contributed by atoms with E-state index in [9.17, 15) is 9.59 Å². The van der Waals surface area contributed by atoms with Gasteiger partial charge in [0, 0.05) is 0 Å². The fourth-order valence-corrected chi connectivity index (χ4v) is 3.99. The number of carbonyl (C=O) groups excluding carboxylic acids is 2. The van der Waals surface area contributed by atoms with E-state index >= 15 is 0 Å². The minimum absolute atomic E-state index is 0. The lowest BCUT2D eigenvalue weighted by atomic mass is 9.92. The lowest BCUT2D eigenvalue weighted by Gasteiger charge is -2.20. The van der Waals surface area contributed by atoms with Crippen molar-refractivity contribution in [1.29, 1.82) is 0 Å². The highest BCUT2D eigenvalue weighted by molar-refractivity contribution is 5.80. The molecule has 196 valence electrons. The van der Waals surface area contributed by atoms with Crippen LogP contribution in [0.3, 0.4) is 0 Å². The predicted molar refractivity (Wildman–Crippen MR) is 145 cm³/mol. The van der Waals surface area contributed by atoms with Gasteiger partial charge in [-0.25, -0.2) is 0 Å². The Morgan fingerprint density at radius 2 is 1.03 bits per heavy atom. The molecule has 0 radical (unpaired) electrons. The van der Waals surface area contributed by atoms with Gasteiger partial charge in [-0.1, -0.05) is 117 Å². The maximum Gasteiger partial charge on any atom is 0.310 e. The van der Waals surface area contributed by atoms with Gasteiger partial charge in [0.15, 0.2) is 17.4 Å². The Bertz CT molecular complexity index is 451. The van der Waals surface area contributed by atoms with Crippen molar-refractivity contribution in [2.24, 2.45) is 11.8 Å². The second kappa shape index (κ2) is 24.6. The van der Waals surface area contributed by atoms with Crippen LogP contribution >= 0.6 is 0 Å². The van der Waals surface area contributed by atoms with Crippen molar-refractivity contribution < 1.29 is 19.1 Å². The molecule has 0 spiro atoms. The first-order valence-electron chi connectivity index (χ1n) is 13.7. The Morgan fingerprint density at radius 3 is 1.39 bits per heavy atom. The SMILES string of the molecule is CCCCCCCCCCCCCCCCCCOC(=O)CC(C(=O)OC(C)C)C(C)C.[AlH3]. The summed E-state index contributed by atoms with van der Waals surface area (Å²) in [7, 11) is 0. The minimum Gasteiger partial charge on any atom is -0.466 e. The summed E-state index contributed by atoms with van der Waals surface area (Å²) >= 11 is 0. The van der Waals surface area contributed by atoms with Crippen LogP contribution in [0.4, 0.5) is 0 Å². The van der Waals surface area contributed by atoms with Crippen LogP contribution in [0.15, 0.2) is 0 Å². The van der Waals surface area contributed by atoms with E-state index in [4.69, 9.17) is 9.47 Å². The van der Waals surface area contributed by atoms with Gasteiger partial charge >= 0.3 is 11.9 Å². The molecule has 0 N–H and O–H groups in total. The van der Waals surface area contributed by atoms with Crippen LogP contribution in [0.1, 0.15) is 144 Å². The third-order valence-electron chi connectivity index (χ3n) is 6.11. The standard InChI is InChI=1S/C28H54O4.Al.3H/c1-6-7-8-9-10-11-12-13-14-15-16-17-18-19-20-21-22-31-27(29)23-26(24(2)3)28(30)32-25(4)5;;;;/h24-26H,6-23H2,1-5H3;;;;. The molecule has 0 bridgehead atoms. The second-order valence-electron chi connectivity index (χ2n) is 10.1. The fourth-order valence-electron chi connectivity index (χ4n) is 3.99. The van der Waals surface area contributed by atoms with Crippen molar-refractivity contribution in [3.05, 3.63) is 0 Å². The molecule has 0 heterocycles. The molecule has 0 aromatic rings.